The molecule has 2 aromatic carbocycles. The minimum Gasteiger partial charge on any atom is -0.497 e. The monoisotopic (exact) mass is 394 g/mol. The summed E-state index contributed by atoms with van der Waals surface area (Å²) in [6.45, 7) is 1.23. The van der Waals surface area contributed by atoms with Crippen molar-refractivity contribution in [2.75, 3.05) is 20.2 Å². The minimum absolute atomic E-state index is 0.0542. The number of ketones is 1. The van der Waals surface area contributed by atoms with Gasteiger partial charge < -0.3 is 9.64 Å². The lowest BCUT2D eigenvalue weighted by Crippen LogP contribution is -2.41. The number of methoxy groups -OCH3 is 1. The van der Waals surface area contributed by atoms with Crippen molar-refractivity contribution in [3.05, 3.63) is 59.1 Å². The molecule has 0 bridgehead atoms. The second-order valence-electron chi connectivity index (χ2n) is 7.03. The van der Waals surface area contributed by atoms with Crippen molar-refractivity contribution in [2.24, 2.45) is 5.92 Å². The highest BCUT2D eigenvalue weighted by Gasteiger charge is 2.29. The largest absolute Gasteiger partial charge is 0.497 e. The lowest BCUT2D eigenvalue weighted by atomic mass is 9.92. The molecule has 3 aromatic rings. The van der Waals surface area contributed by atoms with E-state index in [-0.39, 0.29) is 17.6 Å². The number of hydrogen-bond acceptors (Lipinski definition) is 5. The lowest BCUT2D eigenvalue weighted by molar-refractivity contribution is -0.131. The number of piperidine rings is 1. The maximum atomic E-state index is 12.8. The molecule has 28 heavy (non-hydrogen) atoms. The quantitative estimate of drug-likeness (QED) is 0.615. The molecule has 1 aliphatic rings. The van der Waals surface area contributed by atoms with E-state index in [1.165, 1.54) is 11.3 Å². The van der Waals surface area contributed by atoms with Crippen LogP contribution in [0.5, 0.6) is 5.75 Å². The number of fused-ring (bicyclic) bond motifs is 1. The topological polar surface area (TPSA) is 59.5 Å². The third kappa shape index (κ3) is 3.92. The Morgan fingerprint density at radius 1 is 1.14 bits per heavy atom. The summed E-state index contributed by atoms with van der Waals surface area (Å²) >= 11 is 1.46. The van der Waals surface area contributed by atoms with Gasteiger partial charge in [0.05, 0.1) is 23.7 Å². The van der Waals surface area contributed by atoms with E-state index in [0.29, 0.717) is 37.4 Å². The Labute approximate surface area is 168 Å². The van der Waals surface area contributed by atoms with Crippen molar-refractivity contribution in [2.45, 2.75) is 19.3 Å². The van der Waals surface area contributed by atoms with E-state index in [0.717, 1.165) is 21.5 Å². The third-order valence-corrected chi connectivity index (χ3v) is 6.26. The number of likely N-dealkylation sites (tertiary alicyclic amines) is 1. The van der Waals surface area contributed by atoms with Crippen LogP contribution in [0, 0.1) is 5.92 Å². The van der Waals surface area contributed by atoms with Gasteiger partial charge in [-0.25, -0.2) is 4.98 Å². The standard InChI is InChI=1S/C22H22N2O3S/c1-27-17-6-4-5-15(13-17)14-20(25)24-11-9-16(10-12-24)21(26)22-23-18-7-2-3-8-19(18)28-22/h2-8,13,16H,9-12,14H2,1H3. The Hall–Kier alpha value is -2.73. The average Bonchev–Trinajstić information content (AvgIpc) is 3.17. The summed E-state index contributed by atoms with van der Waals surface area (Å²) in [6.07, 6.45) is 1.74. The highest BCUT2D eigenvalue weighted by atomic mass is 32.1. The summed E-state index contributed by atoms with van der Waals surface area (Å²) in [6, 6.07) is 15.4. The maximum Gasteiger partial charge on any atom is 0.226 e. The fourth-order valence-corrected chi connectivity index (χ4v) is 4.60. The summed E-state index contributed by atoms with van der Waals surface area (Å²) in [5.41, 5.74) is 1.82. The van der Waals surface area contributed by atoms with E-state index < -0.39 is 0 Å². The molecule has 0 N–H and O–H groups in total. The van der Waals surface area contributed by atoms with Crippen molar-refractivity contribution in [3.8, 4) is 5.75 Å². The summed E-state index contributed by atoms with van der Waals surface area (Å²) < 4.78 is 6.26. The van der Waals surface area contributed by atoms with Crippen LogP contribution in [0.4, 0.5) is 0 Å². The van der Waals surface area contributed by atoms with Crippen LogP contribution in [-0.2, 0) is 11.2 Å². The Bertz CT molecular complexity index is 973. The number of para-hydroxylation sites is 1. The van der Waals surface area contributed by atoms with E-state index in [1.807, 2.05) is 53.4 Å². The summed E-state index contributed by atoms with van der Waals surface area (Å²) in [7, 11) is 1.62. The molecule has 0 spiro atoms. The molecule has 0 saturated carbocycles. The van der Waals surface area contributed by atoms with Crippen LogP contribution in [0.3, 0.4) is 0 Å². The predicted octanol–water partition coefficient (Wildman–Crippen LogP) is 3.97. The number of carbonyl (C=O) groups is 2. The smallest absolute Gasteiger partial charge is 0.226 e. The number of rotatable bonds is 5. The number of carbonyl (C=O) groups excluding carboxylic acids is 2. The summed E-state index contributed by atoms with van der Waals surface area (Å²) in [5.74, 6) is 0.909. The second kappa shape index (κ2) is 8.10. The van der Waals surface area contributed by atoms with Crippen LogP contribution in [0.1, 0.15) is 28.2 Å². The number of aromatic nitrogens is 1. The Kier molecular flexibility index (Phi) is 5.39. The maximum absolute atomic E-state index is 12.8. The lowest BCUT2D eigenvalue weighted by Gasteiger charge is -2.31. The first-order valence-corrected chi connectivity index (χ1v) is 10.3. The molecule has 1 aliphatic heterocycles. The van der Waals surface area contributed by atoms with Gasteiger partial charge in [-0.1, -0.05) is 24.3 Å². The number of amides is 1. The Morgan fingerprint density at radius 2 is 1.93 bits per heavy atom. The van der Waals surface area contributed by atoms with Crippen molar-refractivity contribution >= 4 is 33.2 Å². The Morgan fingerprint density at radius 3 is 2.68 bits per heavy atom. The van der Waals surface area contributed by atoms with E-state index in [1.54, 1.807) is 7.11 Å². The molecule has 0 radical (unpaired) electrons. The summed E-state index contributed by atoms with van der Waals surface area (Å²) in [5, 5.41) is 0.586. The van der Waals surface area contributed by atoms with Crippen LogP contribution in [0.15, 0.2) is 48.5 Å². The first-order valence-electron chi connectivity index (χ1n) is 9.44. The van der Waals surface area contributed by atoms with E-state index in [9.17, 15) is 9.59 Å². The van der Waals surface area contributed by atoms with Gasteiger partial charge >= 0.3 is 0 Å². The molecule has 144 valence electrons. The second-order valence-corrected chi connectivity index (χ2v) is 8.07. The first-order chi connectivity index (χ1) is 13.6. The normalized spacial score (nSPS) is 15.0. The third-order valence-electron chi connectivity index (χ3n) is 5.21. The molecule has 0 unspecified atom stereocenters. The molecule has 1 amide bonds. The molecular formula is C22H22N2O3S. The number of ether oxygens (including phenoxy) is 1. The van der Waals surface area contributed by atoms with E-state index in [2.05, 4.69) is 4.98 Å². The van der Waals surface area contributed by atoms with Crippen LogP contribution < -0.4 is 4.74 Å². The molecule has 4 rings (SSSR count). The molecular weight excluding hydrogens is 372 g/mol. The Balaban J connectivity index is 1.35. The van der Waals surface area contributed by atoms with Crippen molar-refractivity contribution in [1.82, 2.24) is 9.88 Å². The highest BCUT2D eigenvalue weighted by Crippen LogP contribution is 2.28. The molecule has 6 heteroatoms. The highest BCUT2D eigenvalue weighted by molar-refractivity contribution is 7.20. The molecule has 0 aliphatic carbocycles. The van der Waals surface area contributed by atoms with Crippen LogP contribution in [-0.4, -0.2) is 41.8 Å². The van der Waals surface area contributed by atoms with E-state index in [4.69, 9.17) is 4.74 Å². The van der Waals surface area contributed by atoms with Gasteiger partial charge in [-0.05, 0) is 42.7 Å². The number of hydrogen-bond donors (Lipinski definition) is 0. The van der Waals surface area contributed by atoms with Gasteiger partial charge in [0.25, 0.3) is 0 Å². The zero-order valence-corrected chi connectivity index (χ0v) is 16.6. The predicted molar refractivity (Wildman–Crippen MR) is 110 cm³/mol. The number of benzene rings is 2. The van der Waals surface area contributed by atoms with Crippen molar-refractivity contribution < 1.29 is 14.3 Å². The van der Waals surface area contributed by atoms with E-state index >= 15 is 0 Å². The van der Waals surface area contributed by atoms with Gasteiger partial charge in [-0.3, -0.25) is 9.59 Å². The number of Topliss-reactive ketones (excluding diaryl/α,β-unsaturated/α-hetero) is 1. The minimum atomic E-state index is -0.0542. The SMILES string of the molecule is COc1cccc(CC(=O)N2CCC(C(=O)c3nc4ccccc4s3)CC2)c1. The summed E-state index contributed by atoms with van der Waals surface area (Å²) in [4.78, 5) is 31.8. The van der Waals surface area contributed by atoms with Crippen molar-refractivity contribution in [1.29, 1.82) is 0 Å². The van der Waals surface area contributed by atoms with Crippen LogP contribution in [0.25, 0.3) is 10.2 Å². The molecule has 0 atom stereocenters. The fraction of sp³-hybridized carbons (Fsp3) is 0.318. The number of nitrogens with zero attached hydrogens (tertiary/aromatic N) is 2. The fourth-order valence-electron chi connectivity index (χ4n) is 3.61. The molecule has 5 nitrogen and oxygen atoms in total. The first kappa shape index (κ1) is 18.6. The average molecular weight is 394 g/mol. The molecule has 2 heterocycles. The van der Waals surface area contributed by atoms with Crippen LogP contribution in [0.2, 0.25) is 0 Å². The zero-order valence-electron chi connectivity index (χ0n) is 15.8. The van der Waals surface area contributed by atoms with Gasteiger partial charge in [0.15, 0.2) is 10.8 Å². The van der Waals surface area contributed by atoms with Crippen molar-refractivity contribution in [3.63, 3.8) is 0 Å². The molecule has 1 saturated heterocycles. The van der Waals surface area contributed by atoms with Gasteiger partial charge in [0.1, 0.15) is 5.75 Å². The van der Waals surface area contributed by atoms with Gasteiger partial charge in [-0.15, -0.1) is 11.3 Å². The van der Waals surface area contributed by atoms with Gasteiger partial charge in [-0.2, -0.15) is 0 Å². The number of thiazole rings is 1. The molecule has 1 aromatic heterocycles. The van der Waals surface area contributed by atoms with Crippen LogP contribution >= 0.6 is 11.3 Å². The van der Waals surface area contributed by atoms with Gasteiger partial charge in [0.2, 0.25) is 5.91 Å². The van der Waals surface area contributed by atoms with Gasteiger partial charge in [0, 0.05) is 19.0 Å². The zero-order chi connectivity index (χ0) is 19.5. The molecule has 1 fully saturated rings.